The minimum atomic E-state index is -3.68. The summed E-state index contributed by atoms with van der Waals surface area (Å²) >= 11 is 11.7. The molecule has 0 bridgehead atoms. The third-order valence-corrected chi connectivity index (χ3v) is 4.93. The molecule has 0 aromatic heterocycles. The topological polar surface area (TPSA) is 58.6 Å². The van der Waals surface area contributed by atoms with Crippen molar-refractivity contribution in [1.29, 1.82) is 0 Å². The van der Waals surface area contributed by atoms with E-state index in [9.17, 15) is 8.42 Å². The van der Waals surface area contributed by atoms with Gasteiger partial charge in [-0.1, -0.05) is 41.9 Å². The lowest BCUT2D eigenvalue weighted by atomic mass is 10.2. The van der Waals surface area contributed by atoms with Crippen LogP contribution < -0.4 is 4.72 Å². The van der Waals surface area contributed by atoms with Crippen molar-refractivity contribution in [1.82, 2.24) is 9.03 Å². The molecule has 1 saturated heterocycles. The van der Waals surface area contributed by atoms with Crippen LogP contribution in [0.3, 0.4) is 0 Å². The molecule has 19 heavy (non-hydrogen) atoms. The van der Waals surface area contributed by atoms with Gasteiger partial charge in [-0.3, -0.25) is 0 Å². The molecule has 8 heteroatoms. The number of nitrogens with one attached hydrogen (secondary N) is 1. The molecule has 1 heterocycles. The van der Waals surface area contributed by atoms with Crippen LogP contribution in [-0.4, -0.2) is 36.9 Å². The van der Waals surface area contributed by atoms with Crippen LogP contribution in [-0.2, 0) is 21.5 Å². The van der Waals surface area contributed by atoms with Crippen molar-refractivity contribution < 1.29 is 13.2 Å². The summed E-state index contributed by atoms with van der Waals surface area (Å²) in [5.74, 6) is 0. The molecule has 5 nitrogen and oxygen atoms in total. The fourth-order valence-corrected chi connectivity index (χ4v) is 3.66. The second-order valence-electron chi connectivity index (χ2n) is 4.06. The van der Waals surface area contributed by atoms with Crippen molar-refractivity contribution in [3.8, 4) is 0 Å². The second-order valence-corrected chi connectivity index (χ2v) is 6.76. The van der Waals surface area contributed by atoms with Crippen LogP contribution in [0.2, 0.25) is 0 Å². The number of nitrogens with zero attached hydrogens (tertiary/aromatic N) is 1. The zero-order chi connectivity index (χ0) is 13.9. The maximum absolute atomic E-state index is 12.1. The zero-order valence-corrected chi connectivity index (χ0v) is 12.3. The fraction of sp³-hybridized carbons (Fsp3) is 0.455. The van der Waals surface area contributed by atoms with Gasteiger partial charge in [0, 0.05) is 6.54 Å². The van der Waals surface area contributed by atoms with E-state index in [0.29, 0.717) is 0 Å². The van der Waals surface area contributed by atoms with Crippen molar-refractivity contribution in [2.45, 2.75) is 17.6 Å². The monoisotopic (exact) mass is 324 g/mol. The highest BCUT2D eigenvalue weighted by molar-refractivity contribution is 7.87. The third-order valence-electron chi connectivity index (χ3n) is 2.66. The molecule has 0 spiro atoms. The summed E-state index contributed by atoms with van der Waals surface area (Å²) in [7, 11) is -3.68. The molecule has 2 atom stereocenters. The van der Waals surface area contributed by atoms with E-state index in [4.69, 9.17) is 27.9 Å². The molecule has 0 aliphatic carbocycles. The molecular weight excluding hydrogens is 311 g/mol. The molecule has 1 aromatic carbocycles. The van der Waals surface area contributed by atoms with E-state index in [1.807, 2.05) is 30.3 Å². The third kappa shape index (κ3) is 4.05. The maximum Gasteiger partial charge on any atom is 0.281 e. The Hall–Kier alpha value is -0.370. The number of hydrogen-bond donors (Lipinski definition) is 1. The van der Waals surface area contributed by atoms with Crippen molar-refractivity contribution in [3.05, 3.63) is 35.9 Å². The smallest absolute Gasteiger partial charge is 0.281 e. The van der Waals surface area contributed by atoms with Crippen LogP contribution in [0.4, 0.5) is 0 Å². The maximum atomic E-state index is 12.1. The highest BCUT2D eigenvalue weighted by atomic mass is 35.5. The predicted molar refractivity (Wildman–Crippen MR) is 74.1 cm³/mol. The first-order valence-corrected chi connectivity index (χ1v) is 8.00. The number of ether oxygens (including phenoxy) is 1. The van der Waals surface area contributed by atoms with Gasteiger partial charge in [0.25, 0.3) is 10.2 Å². The van der Waals surface area contributed by atoms with Gasteiger partial charge in [-0.05, 0) is 5.56 Å². The normalized spacial score (nSPS) is 25.4. The van der Waals surface area contributed by atoms with Crippen molar-refractivity contribution in [2.24, 2.45) is 0 Å². The molecule has 0 saturated carbocycles. The van der Waals surface area contributed by atoms with Gasteiger partial charge < -0.3 is 4.74 Å². The van der Waals surface area contributed by atoms with Gasteiger partial charge in [-0.15, -0.1) is 11.6 Å². The first kappa shape index (κ1) is 15.0. The average Bonchev–Trinajstić information content (AvgIpc) is 2.40. The Balaban J connectivity index is 2.01. The Kier molecular flexibility index (Phi) is 5.05. The van der Waals surface area contributed by atoms with E-state index in [1.54, 1.807) is 0 Å². The molecule has 106 valence electrons. The molecule has 2 rings (SSSR count). The lowest BCUT2D eigenvalue weighted by molar-refractivity contribution is 0.0333. The van der Waals surface area contributed by atoms with Crippen molar-refractivity contribution in [2.75, 3.05) is 13.2 Å². The van der Waals surface area contributed by atoms with Gasteiger partial charge in [0.2, 0.25) is 0 Å². The largest absolute Gasteiger partial charge is 0.358 e. The van der Waals surface area contributed by atoms with Crippen LogP contribution in [0.5, 0.6) is 0 Å². The summed E-state index contributed by atoms with van der Waals surface area (Å²) in [5.41, 5.74) is -0.556. The van der Waals surface area contributed by atoms with Crippen LogP contribution >= 0.6 is 23.2 Å². The van der Waals surface area contributed by atoms with Gasteiger partial charge >= 0.3 is 0 Å². The number of hydrogen-bond acceptors (Lipinski definition) is 3. The fourth-order valence-electron chi connectivity index (χ4n) is 1.68. The second kappa shape index (κ2) is 6.39. The van der Waals surface area contributed by atoms with Gasteiger partial charge in [-0.25, -0.2) is 0 Å². The summed E-state index contributed by atoms with van der Waals surface area (Å²) in [6.07, 6.45) is 0. The highest BCUT2D eigenvalue weighted by Gasteiger charge is 2.34. The molecule has 1 aliphatic heterocycles. The number of alkyl halides is 2. The average molecular weight is 325 g/mol. The highest BCUT2D eigenvalue weighted by Crippen LogP contribution is 2.20. The summed E-state index contributed by atoms with van der Waals surface area (Å²) in [5, 5.41) is 0. The number of rotatable bonds is 4. The first-order valence-electron chi connectivity index (χ1n) is 5.69. The molecular formula is C11H14Cl2N2O3S. The molecule has 0 amide bonds. The SMILES string of the molecule is O=S(=O)(NCc1ccccc1)N1CC(Cl)OCC1Cl. The van der Waals surface area contributed by atoms with Crippen LogP contribution in [0, 0.1) is 0 Å². The quantitative estimate of drug-likeness (QED) is 0.674. The van der Waals surface area contributed by atoms with E-state index < -0.39 is 21.3 Å². The van der Waals surface area contributed by atoms with Crippen LogP contribution in [0.25, 0.3) is 0 Å². The minimum Gasteiger partial charge on any atom is -0.358 e. The zero-order valence-electron chi connectivity index (χ0n) is 10.00. The number of halogens is 2. The van der Waals surface area contributed by atoms with E-state index in [1.165, 1.54) is 0 Å². The van der Waals surface area contributed by atoms with E-state index in [-0.39, 0.29) is 19.7 Å². The number of benzene rings is 1. The molecule has 0 radical (unpaired) electrons. The Bertz CT molecular complexity index is 512. The predicted octanol–water partition coefficient (Wildman–Crippen LogP) is 1.48. The molecule has 1 aliphatic rings. The Morgan fingerprint density at radius 3 is 2.68 bits per heavy atom. The van der Waals surface area contributed by atoms with Crippen LogP contribution in [0.1, 0.15) is 5.56 Å². The Labute approximate surface area is 122 Å². The number of morpholine rings is 1. The molecule has 1 fully saturated rings. The van der Waals surface area contributed by atoms with Crippen molar-refractivity contribution in [3.63, 3.8) is 0 Å². The molecule has 2 unspecified atom stereocenters. The van der Waals surface area contributed by atoms with Gasteiger partial charge in [0.05, 0.1) is 13.2 Å². The Morgan fingerprint density at radius 1 is 1.32 bits per heavy atom. The van der Waals surface area contributed by atoms with Gasteiger partial charge in [0.15, 0.2) is 0 Å². The summed E-state index contributed by atoms with van der Waals surface area (Å²) < 4.78 is 32.9. The Morgan fingerprint density at radius 2 is 2.00 bits per heavy atom. The van der Waals surface area contributed by atoms with Gasteiger partial charge in [-0.2, -0.15) is 17.4 Å². The van der Waals surface area contributed by atoms with E-state index >= 15 is 0 Å². The summed E-state index contributed by atoms with van der Waals surface area (Å²) in [6.45, 7) is 0.304. The van der Waals surface area contributed by atoms with E-state index in [2.05, 4.69) is 4.72 Å². The summed E-state index contributed by atoms with van der Waals surface area (Å²) in [6, 6.07) is 9.23. The summed E-state index contributed by atoms with van der Waals surface area (Å²) in [4.78, 5) is 0. The van der Waals surface area contributed by atoms with Gasteiger partial charge in [0.1, 0.15) is 11.1 Å². The lowest BCUT2D eigenvalue weighted by Crippen LogP contribution is -2.52. The molecule has 1 N–H and O–H groups in total. The van der Waals surface area contributed by atoms with Crippen LogP contribution in [0.15, 0.2) is 30.3 Å². The first-order chi connectivity index (χ1) is 8.99. The van der Waals surface area contributed by atoms with E-state index in [0.717, 1.165) is 9.87 Å². The van der Waals surface area contributed by atoms with Crippen molar-refractivity contribution >= 4 is 33.4 Å². The minimum absolute atomic E-state index is 0.0276. The molecule has 1 aromatic rings. The standard InChI is InChI=1S/C11H14Cl2N2O3S/c12-10-8-18-11(13)7-15(10)19(16,17)14-6-9-4-2-1-3-5-9/h1-5,10-11,14H,6-8H2. The lowest BCUT2D eigenvalue weighted by Gasteiger charge is -2.33.